The van der Waals surface area contributed by atoms with Crippen LogP contribution in [0.25, 0.3) is 0 Å². The van der Waals surface area contributed by atoms with Crippen LogP contribution in [0.2, 0.25) is 0 Å². The van der Waals surface area contributed by atoms with Gasteiger partial charge in [0, 0.05) is 13.2 Å². The maximum Gasteiger partial charge on any atom is 0.212 e. The third kappa shape index (κ3) is 7.04. The number of nitrogens with one attached hydrogen (secondary N) is 1. The highest BCUT2D eigenvalue weighted by Crippen LogP contribution is 2.16. The van der Waals surface area contributed by atoms with Crippen molar-refractivity contribution in [2.24, 2.45) is 0 Å². The molecule has 0 saturated carbocycles. The average molecular weight is 315 g/mol. The maximum absolute atomic E-state index is 12.1. The van der Waals surface area contributed by atoms with E-state index < -0.39 is 16.3 Å². The van der Waals surface area contributed by atoms with Crippen LogP contribution in [0, 0.1) is 0 Å². The minimum atomic E-state index is -3.37. The second-order valence-corrected chi connectivity index (χ2v) is 6.63. The lowest BCUT2D eigenvalue weighted by Crippen LogP contribution is -2.37. The van der Waals surface area contributed by atoms with Crippen LogP contribution in [0.5, 0.6) is 0 Å². The lowest BCUT2D eigenvalue weighted by Gasteiger charge is -2.18. The second kappa shape index (κ2) is 9.15. The zero-order valence-corrected chi connectivity index (χ0v) is 13.7. The zero-order chi connectivity index (χ0) is 15.7. The van der Waals surface area contributed by atoms with Crippen molar-refractivity contribution in [3.8, 4) is 0 Å². The van der Waals surface area contributed by atoms with Crippen LogP contribution >= 0.6 is 0 Å². The monoisotopic (exact) mass is 315 g/mol. The molecule has 1 aromatic rings. The van der Waals surface area contributed by atoms with Gasteiger partial charge in [0.15, 0.2) is 6.29 Å². The summed E-state index contributed by atoms with van der Waals surface area (Å²) in [5.41, 5.74) is 1.01. The predicted octanol–water partition coefficient (Wildman–Crippen LogP) is 2.11. The summed E-state index contributed by atoms with van der Waals surface area (Å²) in [6.07, 6.45) is -0.540. The molecule has 21 heavy (non-hydrogen) atoms. The van der Waals surface area contributed by atoms with E-state index in [1.165, 1.54) is 0 Å². The fourth-order valence-electron chi connectivity index (χ4n) is 2.00. The molecule has 1 unspecified atom stereocenters. The number of sulfonamides is 1. The number of ether oxygens (including phenoxy) is 2. The summed E-state index contributed by atoms with van der Waals surface area (Å²) in [4.78, 5) is 0. The normalized spacial score (nSPS) is 13.5. The molecule has 5 nitrogen and oxygen atoms in total. The molecule has 1 atom stereocenters. The summed E-state index contributed by atoms with van der Waals surface area (Å²) in [5, 5.41) is 0. The Balaban J connectivity index is 2.53. The fraction of sp³-hybridized carbons (Fsp3) is 0.600. The highest BCUT2D eigenvalue weighted by Gasteiger charge is 2.19. The molecule has 1 N–H and O–H groups in total. The third-order valence-electron chi connectivity index (χ3n) is 3.01. The smallest absolute Gasteiger partial charge is 0.212 e. The van der Waals surface area contributed by atoms with E-state index >= 15 is 0 Å². The van der Waals surface area contributed by atoms with E-state index in [-0.39, 0.29) is 18.2 Å². The van der Waals surface area contributed by atoms with E-state index in [4.69, 9.17) is 9.47 Å². The van der Waals surface area contributed by atoms with Gasteiger partial charge in [-0.15, -0.1) is 0 Å². The SMILES string of the molecule is CCOC(CNS(=O)(=O)CC(C)c1ccccc1)OCC. The molecular weight excluding hydrogens is 290 g/mol. The topological polar surface area (TPSA) is 64.6 Å². The average Bonchev–Trinajstić information content (AvgIpc) is 2.46. The van der Waals surface area contributed by atoms with Gasteiger partial charge < -0.3 is 9.47 Å². The Hall–Kier alpha value is -0.950. The van der Waals surface area contributed by atoms with Gasteiger partial charge in [-0.3, -0.25) is 0 Å². The van der Waals surface area contributed by atoms with Crippen LogP contribution in [-0.2, 0) is 19.5 Å². The fourth-order valence-corrected chi connectivity index (χ4v) is 3.36. The molecule has 0 aromatic heterocycles. The van der Waals surface area contributed by atoms with Crippen molar-refractivity contribution < 1.29 is 17.9 Å². The van der Waals surface area contributed by atoms with Gasteiger partial charge in [0.05, 0.1) is 12.3 Å². The molecule has 0 aliphatic carbocycles. The van der Waals surface area contributed by atoms with Crippen LogP contribution in [0.4, 0.5) is 0 Å². The van der Waals surface area contributed by atoms with Gasteiger partial charge in [0.25, 0.3) is 0 Å². The summed E-state index contributed by atoms with van der Waals surface area (Å²) < 4.78 is 37.4. The molecule has 0 saturated heterocycles. The first-order valence-electron chi connectivity index (χ1n) is 7.24. The van der Waals surface area contributed by atoms with Crippen molar-refractivity contribution in [1.29, 1.82) is 0 Å². The molecule has 0 fully saturated rings. The van der Waals surface area contributed by atoms with Crippen molar-refractivity contribution in [2.75, 3.05) is 25.5 Å². The van der Waals surface area contributed by atoms with Crippen LogP contribution in [-0.4, -0.2) is 40.2 Å². The van der Waals surface area contributed by atoms with Crippen LogP contribution < -0.4 is 4.72 Å². The maximum atomic E-state index is 12.1. The molecule has 1 rings (SSSR count). The van der Waals surface area contributed by atoms with Gasteiger partial charge >= 0.3 is 0 Å². The van der Waals surface area contributed by atoms with Crippen LogP contribution in [0.1, 0.15) is 32.3 Å². The Labute approximate surface area is 127 Å². The molecular formula is C15H25NO4S. The van der Waals surface area contributed by atoms with Crippen molar-refractivity contribution >= 4 is 10.0 Å². The molecule has 120 valence electrons. The molecule has 0 radical (unpaired) electrons. The van der Waals surface area contributed by atoms with Crippen molar-refractivity contribution in [1.82, 2.24) is 4.72 Å². The number of hydrogen-bond acceptors (Lipinski definition) is 4. The number of rotatable bonds is 10. The van der Waals surface area contributed by atoms with Crippen molar-refractivity contribution in [3.05, 3.63) is 35.9 Å². The molecule has 0 amide bonds. The molecule has 0 aliphatic rings. The first-order chi connectivity index (χ1) is 9.98. The highest BCUT2D eigenvalue weighted by atomic mass is 32.2. The molecule has 6 heteroatoms. The largest absolute Gasteiger partial charge is 0.352 e. The molecule has 0 bridgehead atoms. The van der Waals surface area contributed by atoms with Gasteiger partial charge in [0.1, 0.15) is 0 Å². The second-order valence-electron chi connectivity index (χ2n) is 4.78. The Morgan fingerprint density at radius 2 is 1.67 bits per heavy atom. The standard InChI is InChI=1S/C15H25NO4S/c1-4-19-15(20-5-2)11-16-21(17,18)12-13(3)14-9-7-6-8-10-14/h6-10,13,15-16H,4-5,11-12H2,1-3H3. The summed E-state index contributed by atoms with van der Waals surface area (Å²) in [6.45, 7) is 6.68. The van der Waals surface area contributed by atoms with Gasteiger partial charge in [-0.2, -0.15) is 0 Å². The first kappa shape index (κ1) is 18.1. The molecule has 0 spiro atoms. The van der Waals surface area contributed by atoms with E-state index in [0.717, 1.165) is 5.56 Å². The molecule has 0 aliphatic heterocycles. The first-order valence-corrected chi connectivity index (χ1v) is 8.89. The minimum absolute atomic E-state index is 0.0436. The van der Waals surface area contributed by atoms with Gasteiger partial charge in [-0.1, -0.05) is 37.3 Å². The number of benzene rings is 1. The van der Waals surface area contributed by atoms with E-state index in [1.54, 1.807) is 0 Å². The predicted molar refractivity (Wildman–Crippen MR) is 83.7 cm³/mol. The Kier molecular flexibility index (Phi) is 7.88. The zero-order valence-electron chi connectivity index (χ0n) is 12.9. The van der Waals surface area contributed by atoms with E-state index in [9.17, 15) is 8.42 Å². The van der Waals surface area contributed by atoms with E-state index in [2.05, 4.69) is 4.72 Å². The van der Waals surface area contributed by atoms with Crippen LogP contribution in [0.15, 0.2) is 30.3 Å². The van der Waals surface area contributed by atoms with Gasteiger partial charge in [-0.05, 0) is 25.3 Å². The molecule has 1 aromatic carbocycles. The number of hydrogen-bond donors (Lipinski definition) is 1. The van der Waals surface area contributed by atoms with E-state index in [1.807, 2.05) is 51.1 Å². The van der Waals surface area contributed by atoms with Crippen molar-refractivity contribution in [3.63, 3.8) is 0 Å². The summed E-state index contributed by atoms with van der Waals surface area (Å²) in [7, 11) is -3.37. The Morgan fingerprint density at radius 3 is 2.19 bits per heavy atom. The third-order valence-corrected chi connectivity index (χ3v) is 4.56. The summed E-state index contributed by atoms with van der Waals surface area (Å²) in [6, 6.07) is 9.60. The Bertz CT molecular complexity index is 484. The lowest BCUT2D eigenvalue weighted by atomic mass is 10.0. The highest BCUT2D eigenvalue weighted by molar-refractivity contribution is 7.89. The van der Waals surface area contributed by atoms with Gasteiger partial charge in [-0.25, -0.2) is 13.1 Å². The van der Waals surface area contributed by atoms with Gasteiger partial charge in [0.2, 0.25) is 10.0 Å². The van der Waals surface area contributed by atoms with Crippen molar-refractivity contribution in [2.45, 2.75) is 33.0 Å². The van der Waals surface area contributed by atoms with E-state index in [0.29, 0.717) is 13.2 Å². The summed E-state index contributed by atoms with van der Waals surface area (Å²) >= 11 is 0. The molecule has 0 heterocycles. The lowest BCUT2D eigenvalue weighted by molar-refractivity contribution is -0.130. The summed E-state index contributed by atoms with van der Waals surface area (Å²) in [5.74, 6) is -0.0246. The Morgan fingerprint density at radius 1 is 1.10 bits per heavy atom. The minimum Gasteiger partial charge on any atom is -0.352 e. The quantitative estimate of drug-likeness (QED) is 0.672. The van der Waals surface area contributed by atoms with Crippen LogP contribution in [0.3, 0.4) is 0 Å².